The lowest BCUT2D eigenvalue weighted by Gasteiger charge is -2.39. The number of rotatable bonds is 10. The summed E-state index contributed by atoms with van der Waals surface area (Å²) in [5.41, 5.74) is 2.80. The summed E-state index contributed by atoms with van der Waals surface area (Å²) >= 11 is 0. The van der Waals surface area contributed by atoms with Gasteiger partial charge in [-0.2, -0.15) is 0 Å². The Bertz CT molecular complexity index is 611. The van der Waals surface area contributed by atoms with Crippen molar-refractivity contribution in [2.75, 3.05) is 0 Å². The Balaban J connectivity index is 2.42. The normalized spacial score (nSPS) is 14.0. The average molecular weight is 353 g/mol. The van der Waals surface area contributed by atoms with Crippen molar-refractivity contribution in [2.45, 2.75) is 57.2 Å². The van der Waals surface area contributed by atoms with Crippen LogP contribution in [0.5, 0.6) is 0 Å². The zero-order valence-electron chi connectivity index (χ0n) is 15.9. The van der Waals surface area contributed by atoms with Crippen molar-refractivity contribution in [2.24, 2.45) is 0 Å². The van der Waals surface area contributed by atoms with Crippen LogP contribution in [0.25, 0.3) is 0 Å². The van der Waals surface area contributed by atoms with Gasteiger partial charge in [-0.1, -0.05) is 106 Å². The fourth-order valence-electron chi connectivity index (χ4n) is 3.76. The van der Waals surface area contributed by atoms with Crippen molar-refractivity contribution in [3.8, 4) is 0 Å². The van der Waals surface area contributed by atoms with Gasteiger partial charge < -0.3 is 4.74 Å². The highest BCUT2D eigenvalue weighted by atomic mass is 28.3. The molecule has 2 aromatic carbocycles. The van der Waals surface area contributed by atoms with Gasteiger partial charge in [-0.25, -0.2) is 0 Å². The zero-order valence-corrected chi connectivity index (χ0v) is 16.9. The Morgan fingerprint density at radius 1 is 0.840 bits per heavy atom. The molecule has 0 bridgehead atoms. The molecule has 1 nitrogen and oxygen atoms in total. The van der Waals surface area contributed by atoms with Crippen LogP contribution < -0.4 is 0 Å². The molecule has 0 aliphatic heterocycles. The first-order valence-corrected chi connectivity index (χ1v) is 12.3. The molecule has 0 saturated heterocycles. The summed E-state index contributed by atoms with van der Waals surface area (Å²) in [6.45, 7) is 11.0. The smallest absolute Gasteiger partial charge is 0.0926 e. The topological polar surface area (TPSA) is 9.23 Å². The van der Waals surface area contributed by atoms with Crippen LogP contribution >= 0.6 is 0 Å². The number of ether oxygens (including phenoxy) is 1. The lowest BCUT2D eigenvalue weighted by molar-refractivity contribution is 0.0234. The SMILES string of the molecule is C=CC[C@H](O[C@H](c1ccccc1)[Si](CC)(CC)CC)c1ccccc1. The van der Waals surface area contributed by atoms with Gasteiger partial charge in [0.05, 0.1) is 19.9 Å². The minimum atomic E-state index is -1.57. The minimum absolute atomic E-state index is 0.0698. The Hall–Kier alpha value is -1.64. The van der Waals surface area contributed by atoms with E-state index in [0.717, 1.165) is 6.42 Å². The molecular formula is C23H32OSi. The lowest BCUT2D eigenvalue weighted by Crippen LogP contribution is -2.41. The maximum absolute atomic E-state index is 6.89. The van der Waals surface area contributed by atoms with E-state index in [1.807, 2.05) is 6.08 Å². The van der Waals surface area contributed by atoms with Crippen LogP contribution in [0.1, 0.15) is 50.2 Å². The first-order valence-electron chi connectivity index (χ1n) is 9.57. The molecule has 134 valence electrons. The molecule has 0 heterocycles. The summed E-state index contributed by atoms with van der Waals surface area (Å²) in [4.78, 5) is 0. The van der Waals surface area contributed by atoms with Crippen molar-refractivity contribution < 1.29 is 4.74 Å². The lowest BCUT2D eigenvalue weighted by atomic mass is 10.1. The number of benzene rings is 2. The molecule has 0 unspecified atom stereocenters. The van der Waals surface area contributed by atoms with E-state index in [1.54, 1.807) is 0 Å². The second kappa shape index (κ2) is 9.74. The van der Waals surface area contributed by atoms with Crippen molar-refractivity contribution in [1.82, 2.24) is 0 Å². The maximum atomic E-state index is 6.89. The summed E-state index contributed by atoms with van der Waals surface area (Å²) in [5, 5.41) is 0. The van der Waals surface area contributed by atoms with E-state index in [9.17, 15) is 0 Å². The fraction of sp³-hybridized carbons (Fsp3) is 0.391. The molecule has 0 N–H and O–H groups in total. The molecule has 0 amide bonds. The third kappa shape index (κ3) is 4.71. The fourth-order valence-corrected chi connectivity index (χ4v) is 7.73. The van der Waals surface area contributed by atoms with Gasteiger partial charge in [-0.15, -0.1) is 6.58 Å². The Labute approximate surface area is 154 Å². The molecular weight excluding hydrogens is 320 g/mol. The first-order chi connectivity index (χ1) is 12.2. The first kappa shape index (κ1) is 19.7. The Morgan fingerprint density at radius 3 is 1.76 bits per heavy atom. The van der Waals surface area contributed by atoms with Crippen LogP contribution in [-0.2, 0) is 4.74 Å². The van der Waals surface area contributed by atoms with Gasteiger partial charge in [-0.05, 0) is 17.5 Å². The highest BCUT2D eigenvalue weighted by Gasteiger charge is 2.39. The quantitative estimate of drug-likeness (QED) is 0.327. The van der Waals surface area contributed by atoms with E-state index >= 15 is 0 Å². The van der Waals surface area contributed by atoms with Gasteiger partial charge in [0.25, 0.3) is 0 Å². The molecule has 0 aliphatic rings. The molecule has 2 aromatic rings. The molecule has 0 aromatic heterocycles. The van der Waals surface area contributed by atoms with Crippen molar-refractivity contribution in [3.05, 3.63) is 84.4 Å². The molecule has 2 atom stereocenters. The summed E-state index contributed by atoms with van der Waals surface area (Å²) in [5.74, 6) is 0. The number of hydrogen-bond acceptors (Lipinski definition) is 1. The summed E-state index contributed by atoms with van der Waals surface area (Å²) in [6.07, 6.45) is 2.89. The molecule has 2 heteroatoms. The predicted molar refractivity (Wildman–Crippen MR) is 111 cm³/mol. The summed E-state index contributed by atoms with van der Waals surface area (Å²) in [7, 11) is -1.57. The third-order valence-corrected chi connectivity index (χ3v) is 11.4. The van der Waals surface area contributed by atoms with Crippen LogP contribution in [0.2, 0.25) is 18.1 Å². The minimum Gasteiger partial charge on any atom is -0.369 e. The molecule has 0 fully saturated rings. The van der Waals surface area contributed by atoms with Gasteiger partial charge in [0.2, 0.25) is 0 Å². The van der Waals surface area contributed by atoms with Crippen LogP contribution in [-0.4, -0.2) is 8.07 Å². The highest BCUT2D eigenvalue weighted by molar-refractivity contribution is 6.80. The molecule has 0 spiro atoms. The zero-order chi connectivity index (χ0) is 18.1. The predicted octanol–water partition coefficient (Wildman–Crippen LogP) is 7.11. The third-order valence-electron chi connectivity index (χ3n) is 5.62. The van der Waals surface area contributed by atoms with E-state index in [4.69, 9.17) is 4.74 Å². The maximum Gasteiger partial charge on any atom is 0.0926 e. The van der Waals surface area contributed by atoms with Gasteiger partial charge in [-0.3, -0.25) is 0 Å². The monoisotopic (exact) mass is 352 g/mol. The van der Waals surface area contributed by atoms with E-state index in [-0.39, 0.29) is 11.8 Å². The second-order valence-corrected chi connectivity index (χ2v) is 12.1. The van der Waals surface area contributed by atoms with Crippen LogP contribution in [0, 0.1) is 0 Å². The Morgan fingerprint density at radius 2 is 1.32 bits per heavy atom. The van der Waals surface area contributed by atoms with Crippen molar-refractivity contribution >= 4 is 8.07 Å². The summed E-state index contributed by atoms with van der Waals surface area (Å²) < 4.78 is 6.89. The largest absolute Gasteiger partial charge is 0.369 e. The van der Waals surface area contributed by atoms with E-state index < -0.39 is 8.07 Å². The van der Waals surface area contributed by atoms with Gasteiger partial charge in [0, 0.05) is 0 Å². The molecule has 0 radical (unpaired) electrons. The van der Waals surface area contributed by atoms with E-state index in [0.29, 0.717) is 0 Å². The average Bonchev–Trinajstić information content (AvgIpc) is 2.69. The molecule has 25 heavy (non-hydrogen) atoms. The molecule has 2 rings (SSSR count). The van der Waals surface area contributed by atoms with Crippen LogP contribution in [0.15, 0.2) is 73.3 Å². The molecule has 0 aliphatic carbocycles. The number of hydrogen-bond donors (Lipinski definition) is 0. The van der Waals surface area contributed by atoms with Gasteiger partial charge >= 0.3 is 0 Å². The van der Waals surface area contributed by atoms with Gasteiger partial charge in [0.1, 0.15) is 0 Å². The van der Waals surface area contributed by atoms with E-state index in [2.05, 4.69) is 88.0 Å². The summed E-state index contributed by atoms with van der Waals surface area (Å²) in [6, 6.07) is 25.2. The van der Waals surface area contributed by atoms with Gasteiger partial charge in [0.15, 0.2) is 0 Å². The Kier molecular flexibility index (Phi) is 7.67. The second-order valence-electron chi connectivity index (χ2n) is 6.77. The van der Waals surface area contributed by atoms with Crippen LogP contribution in [0.4, 0.5) is 0 Å². The van der Waals surface area contributed by atoms with Crippen molar-refractivity contribution in [3.63, 3.8) is 0 Å². The molecule has 0 saturated carbocycles. The highest BCUT2D eigenvalue weighted by Crippen LogP contribution is 2.41. The van der Waals surface area contributed by atoms with E-state index in [1.165, 1.54) is 29.3 Å². The van der Waals surface area contributed by atoms with Crippen molar-refractivity contribution in [1.29, 1.82) is 0 Å². The standard InChI is InChI=1S/C23H32OSi/c1-5-15-22(20-16-11-9-12-17-20)24-23(21-18-13-10-14-19-21)25(6-2,7-3)8-4/h5,9-14,16-19,22-23H,1,6-8,15H2,2-4H3/t22-,23-/m0/s1. The van der Waals surface area contributed by atoms with Crippen LogP contribution in [0.3, 0.4) is 0 Å².